The third kappa shape index (κ3) is 2.64. The van der Waals surface area contributed by atoms with Crippen LogP contribution in [0.5, 0.6) is 0 Å². The van der Waals surface area contributed by atoms with Gasteiger partial charge in [0.2, 0.25) is 5.91 Å². The Balaban J connectivity index is 1.79. The van der Waals surface area contributed by atoms with Crippen molar-refractivity contribution in [1.29, 1.82) is 0 Å². The van der Waals surface area contributed by atoms with Gasteiger partial charge < -0.3 is 10.0 Å². The third-order valence-corrected chi connectivity index (χ3v) is 4.61. The van der Waals surface area contributed by atoms with Crippen molar-refractivity contribution in [3.8, 4) is 0 Å². The van der Waals surface area contributed by atoms with Crippen LogP contribution in [0.2, 0.25) is 0 Å². The molecule has 0 aromatic carbocycles. The minimum absolute atomic E-state index is 0.0668. The number of aromatic nitrogens is 3. The van der Waals surface area contributed by atoms with Crippen molar-refractivity contribution >= 4 is 11.9 Å². The standard InChI is InChI=1S/C14H20N4O3/c1-8-15-12(17-16-8)7-13(19)18-10-5-3-2-4-9(10)6-11(18)14(20)21/h9-11H,2-7H2,1H3,(H,20,21)(H,15,16,17)/t9-,10+,11-/m0/s1. The Kier molecular flexibility index (Phi) is 3.65. The Hall–Kier alpha value is -1.92. The van der Waals surface area contributed by atoms with Gasteiger partial charge in [-0.1, -0.05) is 12.8 Å². The van der Waals surface area contributed by atoms with Crippen LogP contribution in [-0.2, 0) is 16.0 Å². The molecule has 2 fully saturated rings. The Labute approximate surface area is 122 Å². The maximum Gasteiger partial charge on any atom is 0.326 e. The van der Waals surface area contributed by atoms with Gasteiger partial charge in [-0.05, 0) is 32.1 Å². The topological polar surface area (TPSA) is 99.2 Å². The number of H-pyrrole nitrogens is 1. The summed E-state index contributed by atoms with van der Waals surface area (Å²) in [4.78, 5) is 29.8. The van der Waals surface area contributed by atoms with Gasteiger partial charge in [-0.15, -0.1) is 0 Å². The van der Waals surface area contributed by atoms with Gasteiger partial charge in [-0.25, -0.2) is 9.78 Å². The first-order chi connectivity index (χ1) is 10.1. The number of carbonyl (C=O) groups is 2. The summed E-state index contributed by atoms with van der Waals surface area (Å²) in [7, 11) is 0. The average Bonchev–Trinajstić information content (AvgIpc) is 3.02. The summed E-state index contributed by atoms with van der Waals surface area (Å²) in [6.07, 6.45) is 4.79. The van der Waals surface area contributed by atoms with E-state index in [1.54, 1.807) is 11.8 Å². The minimum Gasteiger partial charge on any atom is -0.480 e. The molecule has 1 aromatic rings. The van der Waals surface area contributed by atoms with Crippen molar-refractivity contribution in [1.82, 2.24) is 20.1 Å². The van der Waals surface area contributed by atoms with Crippen molar-refractivity contribution < 1.29 is 14.7 Å². The molecule has 1 saturated heterocycles. The fourth-order valence-electron chi connectivity index (χ4n) is 3.73. The van der Waals surface area contributed by atoms with Crippen molar-refractivity contribution in [2.24, 2.45) is 5.92 Å². The first-order valence-corrected chi connectivity index (χ1v) is 7.48. The molecule has 1 aliphatic heterocycles. The summed E-state index contributed by atoms with van der Waals surface area (Å²) >= 11 is 0. The first-order valence-electron chi connectivity index (χ1n) is 7.48. The van der Waals surface area contributed by atoms with Crippen LogP contribution in [0.15, 0.2) is 0 Å². The molecule has 114 valence electrons. The van der Waals surface area contributed by atoms with E-state index in [9.17, 15) is 14.7 Å². The predicted octanol–water partition coefficient (Wildman–Crippen LogP) is 0.900. The quantitative estimate of drug-likeness (QED) is 0.862. The van der Waals surface area contributed by atoms with E-state index in [2.05, 4.69) is 15.2 Å². The van der Waals surface area contributed by atoms with Crippen LogP contribution in [0.1, 0.15) is 43.8 Å². The van der Waals surface area contributed by atoms with Crippen LogP contribution < -0.4 is 0 Å². The van der Waals surface area contributed by atoms with Crippen LogP contribution in [-0.4, -0.2) is 49.1 Å². The second kappa shape index (κ2) is 5.46. The van der Waals surface area contributed by atoms with E-state index in [0.29, 0.717) is 24.0 Å². The van der Waals surface area contributed by atoms with E-state index in [1.165, 1.54) is 0 Å². The highest BCUT2D eigenvalue weighted by Gasteiger charge is 2.47. The maximum atomic E-state index is 12.6. The zero-order valence-electron chi connectivity index (χ0n) is 12.1. The smallest absolute Gasteiger partial charge is 0.326 e. The van der Waals surface area contributed by atoms with Crippen LogP contribution in [0, 0.1) is 12.8 Å². The molecule has 21 heavy (non-hydrogen) atoms. The highest BCUT2D eigenvalue weighted by molar-refractivity contribution is 5.85. The molecule has 1 aliphatic carbocycles. The molecule has 3 rings (SSSR count). The Morgan fingerprint density at radius 2 is 2.14 bits per heavy atom. The SMILES string of the molecule is Cc1nc(CC(=O)N2[C@@H]3CCCC[C@H]3C[C@H]2C(=O)O)n[nH]1. The molecule has 7 nitrogen and oxygen atoms in total. The molecule has 1 amide bonds. The second-order valence-electron chi connectivity index (χ2n) is 6.02. The maximum absolute atomic E-state index is 12.6. The van der Waals surface area contributed by atoms with Crippen molar-refractivity contribution in [2.45, 2.75) is 57.5 Å². The number of hydrogen-bond acceptors (Lipinski definition) is 4. The molecule has 1 saturated carbocycles. The normalized spacial score (nSPS) is 28.4. The monoisotopic (exact) mass is 292 g/mol. The minimum atomic E-state index is -0.899. The molecule has 2 N–H and O–H groups in total. The third-order valence-electron chi connectivity index (χ3n) is 4.61. The molecule has 7 heteroatoms. The Morgan fingerprint density at radius 3 is 2.81 bits per heavy atom. The number of likely N-dealkylation sites (tertiary alicyclic amines) is 1. The van der Waals surface area contributed by atoms with Gasteiger partial charge in [0.05, 0.1) is 6.42 Å². The van der Waals surface area contributed by atoms with E-state index in [0.717, 1.165) is 25.7 Å². The molecule has 1 aromatic heterocycles. The van der Waals surface area contributed by atoms with Crippen LogP contribution in [0.4, 0.5) is 0 Å². The zero-order valence-corrected chi connectivity index (χ0v) is 12.1. The van der Waals surface area contributed by atoms with Crippen molar-refractivity contribution in [2.75, 3.05) is 0 Å². The van der Waals surface area contributed by atoms with E-state index < -0.39 is 12.0 Å². The number of amides is 1. The second-order valence-corrected chi connectivity index (χ2v) is 6.02. The lowest BCUT2D eigenvalue weighted by Gasteiger charge is -2.32. The van der Waals surface area contributed by atoms with Crippen molar-refractivity contribution in [3.63, 3.8) is 0 Å². The number of hydrogen-bond donors (Lipinski definition) is 2. The summed E-state index contributed by atoms with van der Waals surface area (Å²) in [6.45, 7) is 1.77. The fourth-order valence-corrected chi connectivity index (χ4v) is 3.73. The molecule has 0 radical (unpaired) electrons. The lowest BCUT2D eigenvalue weighted by Crippen LogP contribution is -2.47. The molecule has 0 unspecified atom stereocenters. The van der Waals surface area contributed by atoms with Gasteiger partial charge in [-0.2, -0.15) is 5.10 Å². The lowest BCUT2D eigenvalue weighted by atomic mass is 9.84. The van der Waals surface area contributed by atoms with Gasteiger partial charge >= 0.3 is 5.97 Å². The highest BCUT2D eigenvalue weighted by Crippen LogP contribution is 2.40. The number of aliphatic carboxylic acids is 1. The summed E-state index contributed by atoms with van der Waals surface area (Å²) < 4.78 is 0. The number of fused-ring (bicyclic) bond motifs is 1. The van der Waals surface area contributed by atoms with Gasteiger partial charge in [0.1, 0.15) is 11.9 Å². The summed E-state index contributed by atoms with van der Waals surface area (Å²) in [5, 5.41) is 16.1. The largest absolute Gasteiger partial charge is 0.480 e. The van der Waals surface area contributed by atoms with E-state index in [4.69, 9.17) is 0 Å². The van der Waals surface area contributed by atoms with Gasteiger partial charge in [-0.3, -0.25) is 9.89 Å². The summed E-state index contributed by atoms with van der Waals surface area (Å²) in [6, 6.07) is -0.613. The first kappa shape index (κ1) is 14.0. The van der Waals surface area contributed by atoms with Gasteiger partial charge in [0, 0.05) is 6.04 Å². The van der Waals surface area contributed by atoms with Crippen LogP contribution in [0.3, 0.4) is 0 Å². The number of carboxylic acid groups (broad SMARTS) is 1. The molecule has 0 spiro atoms. The summed E-state index contributed by atoms with van der Waals surface area (Å²) in [5.41, 5.74) is 0. The van der Waals surface area contributed by atoms with Gasteiger partial charge in [0.15, 0.2) is 5.82 Å². The number of aryl methyl sites for hydroxylation is 1. The number of carboxylic acids is 1. The molecular weight excluding hydrogens is 272 g/mol. The van der Waals surface area contributed by atoms with Crippen molar-refractivity contribution in [3.05, 3.63) is 11.6 Å². The van der Waals surface area contributed by atoms with Crippen LogP contribution in [0.25, 0.3) is 0 Å². The van der Waals surface area contributed by atoms with E-state index in [1.807, 2.05) is 0 Å². The molecule has 0 bridgehead atoms. The van der Waals surface area contributed by atoms with E-state index >= 15 is 0 Å². The number of rotatable bonds is 3. The van der Waals surface area contributed by atoms with E-state index in [-0.39, 0.29) is 18.4 Å². The van der Waals surface area contributed by atoms with Gasteiger partial charge in [0.25, 0.3) is 0 Å². The highest BCUT2D eigenvalue weighted by atomic mass is 16.4. The zero-order chi connectivity index (χ0) is 15.0. The predicted molar refractivity (Wildman–Crippen MR) is 73.5 cm³/mol. The molecule has 2 aliphatic rings. The van der Waals surface area contributed by atoms with Crippen LogP contribution >= 0.6 is 0 Å². The number of aromatic amines is 1. The fraction of sp³-hybridized carbons (Fsp3) is 0.714. The number of nitrogens with zero attached hydrogens (tertiary/aromatic N) is 3. The molecule has 3 atom stereocenters. The number of nitrogens with one attached hydrogen (secondary N) is 1. The average molecular weight is 292 g/mol. The number of carbonyl (C=O) groups excluding carboxylic acids is 1. The molecule has 2 heterocycles. The Morgan fingerprint density at radius 1 is 1.38 bits per heavy atom. The molecular formula is C14H20N4O3. The Bertz CT molecular complexity index is 556. The summed E-state index contributed by atoms with van der Waals surface area (Å²) in [5.74, 6) is 0.350. The lowest BCUT2D eigenvalue weighted by molar-refractivity contribution is -0.149.